The third-order valence-electron chi connectivity index (χ3n) is 3.46. The normalized spacial score (nSPS) is 10.8. The summed E-state index contributed by atoms with van der Waals surface area (Å²) in [4.78, 5) is 15.3. The van der Waals surface area contributed by atoms with E-state index in [1.807, 2.05) is 29.8 Å². The van der Waals surface area contributed by atoms with Crippen LogP contribution >= 0.6 is 0 Å². The number of aromatic carboxylic acids is 1. The van der Waals surface area contributed by atoms with Crippen LogP contribution in [0.2, 0.25) is 0 Å². The Morgan fingerprint density at radius 1 is 1.29 bits per heavy atom. The minimum absolute atomic E-state index is 0.288. The molecule has 0 aliphatic carbocycles. The van der Waals surface area contributed by atoms with Crippen molar-refractivity contribution in [1.29, 1.82) is 0 Å². The van der Waals surface area contributed by atoms with Gasteiger partial charge >= 0.3 is 5.97 Å². The van der Waals surface area contributed by atoms with Crippen molar-refractivity contribution >= 4 is 16.9 Å². The van der Waals surface area contributed by atoms with Gasteiger partial charge in [-0.2, -0.15) is 0 Å². The van der Waals surface area contributed by atoms with Crippen molar-refractivity contribution in [3.63, 3.8) is 0 Å². The van der Waals surface area contributed by atoms with E-state index < -0.39 is 5.97 Å². The number of benzene rings is 1. The number of fused-ring (bicyclic) bond motifs is 1. The van der Waals surface area contributed by atoms with Gasteiger partial charge in [-0.05, 0) is 36.8 Å². The second-order valence-electron chi connectivity index (χ2n) is 4.78. The van der Waals surface area contributed by atoms with E-state index in [2.05, 4.69) is 4.98 Å². The fraction of sp³-hybridized carbons (Fsp3) is 0.125. The first-order valence-corrected chi connectivity index (χ1v) is 6.45. The first-order valence-electron chi connectivity index (χ1n) is 6.45. The lowest BCUT2D eigenvalue weighted by Crippen LogP contribution is -1.97. The molecule has 3 aromatic rings. The van der Waals surface area contributed by atoms with Gasteiger partial charge in [0, 0.05) is 17.6 Å². The van der Waals surface area contributed by atoms with Gasteiger partial charge in [0.25, 0.3) is 0 Å². The predicted molar refractivity (Wildman–Crippen MR) is 79.3 cm³/mol. The Bertz CT molecular complexity index is 819. The van der Waals surface area contributed by atoms with E-state index in [-0.39, 0.29) is 5.56 Å². The minimum Gasteiger partial charge on any atom is -0.481 e. The van der Waals surface area contributed by atoms with Crippen LogP contribution in [0.25, 0.3) is 16.6 Å². The molecule has 106 valence electrons. The van der Waals surface area contributed by atoms with Crippen molar-refractivity contribution < 1.29 is 14.6 Å². The van der Waals surface area contributed by atoms with Gasteiger partial charge in [0.15, 0.2) is 0 Å². The monoisotopic (exact) mass is 282 g/mol. The van der Waals surface area contributed by atoms with E-state index in [1.54, 1.807) is 31.5 Å². The lowest BCUT2D eigenvalue weighted by molar-refractivity contribution is 0.0697. The maximum Gasteiger partial charge on any atom is 0.335 e. The molecule has 0 aliphatic heterocycles. The molecule has 0 atom stereocenters. The minimum atomic E-state index is -0.921. The van der Waals surface area contributed by atoms with Crippen LogP contribution in [0.3, 0.4) is 0 Å². The molecule has 1 N–H and O–H groups in total. The van der Waals surface area contributed by atoms with E-state index in [1.165, 1.54) is 0 Å². The average Bonchev–Trinajstić information content (AvgIpc) is 2.84. The highest BCUT2D eigenvalue weighted by molar-refractivity contribution is 5.95. The third kappa shape index (κ3) is 2.23. The summed E-state index contributed by atoms with van der Waals surface area (Å²) < 4.78 is 7.04. The predicted octanol–water partition coefficient (Wildman–Crippen LogP) is 3.04. The molecule has 21 heavy (non-hydrogen) atoms. The Hall–Kier alpha value is -2.82. The van der Waals surface area contributed by atoms with E-state index in [0.717, 1.165) is 22.2 Å². The highest BCUT2D eigenvalue weighted by Gasteiger charge is 2.11. The Balaban J connectivity index is 2.16. The van der Waals surface area contributed by atoms with Crippen molar-refractivity contribution in [2.24, 2.45) is 0 Å². The van der Waals surface area contributed by atoms with Crippen LogP contribution in [0.1, 0.15) is 15.9 Å². The Morgan fingerprint density at radius 3 is 2.71 bits per heavy atom. The van der Waals surface area contributed by atoms with Gasteiger partial charge in [-0.3, -0.25) is 0 Å². The Morgan fingerprint density at radius 2 is 2.10 bits per heavy atom. The van der Waals surface area contributed by atoms with Crippen LogP contribution < -0.4 is 4.74 Å². The van der Waals surface area contributed by atoms with Gasteiger partial charge in [-0.1, -0.05) is 0 Å². The number of methoxy groups -OCH3 is 1. The van der Waals surface area contributed by atoms with E-state index >= 15 is 0 Å². The Kier molecular flexibility index (Phi) is 3.10. The topological polar surface area (TPSA) is 64.3 Å². The standard InChI is InChI=1S/C16H14N2O3/c1-10-9-18(12-4-6-15(21-2)17-8-12)14-5-3-11(16(19)20)7-13(10)14/h3-9H,1-2H3,(H,19,20). The number of carboxylic acids is 1. The molecule has 0 amide bonds. The molecule has 5 heteroatoms. The van der Waals surface area contributed by atoms with E-state index in [9.17, 15) is 4.79 Å². The number of carbonyl (C=O) groups is 1. The summed E-state index contributed by atoms with van der Waals surface area (Å²) in [6.07, 6.45) is 3.70. The zero-order valence-electron chi connectivity index (χ0n) is 11.7. The molecule has 0 saturated heterocycles. The number of rotatable bonds is 3. The molecule has 5 nitrogen and oxygen atoms in total. The molecule has 0 radical (unpaired) electrons. The molecule has 1 aromatic carbocycles. The van der Waals surface area contributed by atoms with Crippen LogP contribution in [0, 0.1) is 6.92 Å². The van der Waals surface area contributed by atoms with Crippen LogP contribution in [0.4, 0.5) is 0 Å². The molecular formula is C16H14N2O3. The Labute approximate surface area is 121 Å². The summed E-state index contributed by atoms with van der Waals surface area (Å²) in [6.45, 7) is 1.96. The fourth-order valence-corrected chi connectivity index (χ4v) is 2.38. The number of nitrogens with zero attached hydrogens (tertiary/aromatic N) is 2. The molecule has 0 aliphatic rings. The highest BCUT2D eigenvalue weighted by atomic mass is 16.5. The average molecular weight is 282 g/mol. The number of pyridine rings is 1. The molecule has 0 fully saturated rings. The molecule has 0 bridgehead atoms. The fourth-order valence-electron chi connectivity index (χ4n) is 2.38. The van der Waals surface area contributed by atoms with Crippen molar-refractivity contribution in [2.45, 2.75) is 6.92 Å². The van der Waals surface area contributed by atoms with Crippen LogP contribution in [0.5, 0.6) is 5.88 Å². The summed E-state index contributed by atoms with van der Waals surface area (Å²) in [7, 11) is 1.57. The lowest BCUT2D eigenvalue weighted by Gasteiger charge is -2.06. The zero-order chi connectivity index (χ0) is 15.0. The lowest BCUT2D eigenvalue weighted by atomic mass is 10.1. The van der Waals surface area contributed by atoms with Crippen molar-refractivity contribution in [3.05, 3.63) is 53.9 Å². The van der Waals surface area contributed by atoms with Gasteiger partial charge in [0.1, 0.15) is 0 Å². The smallest absolute Gasteiger partial charge is 0.335 e. The second kappa shape index (κ2) is 4.94. The molecule has 2 aromatic heterocycles. The van der Waals surface area contributed by atoms with Crippen molar-refractivity contribution in [3.8, 4) is 11.6 Å². The number of hydrogen-bond donors (Lipinski definition) is 1. The summed E-state index contributed by atoms with van der Waals surface area (Å²) >= 11 is 0. The van der Waals surface area contributed by atoms with Gasteiger partial charge in [0.05, 0.1) is 30.1 Å². The molecule has 0 unspecified atom stereocenters. The van der Waals surface area contributed by atoms with E-state index in [4.69, 9.17) is 9.84 Å². The summed E-state index contributed by atoms with van der Waals surface area (Å²) in [5.74, 6) is -0.365. The number of ether oxygens (including phenoxy) is 1. The zero-order valence-corrected chi connectivity index (χ0v) is 11.7. The second-order valence-corrected chi connectivity index (χ2v) is 4.78. The maximum atomic E-state index is 11.1. The summed E-state index contributed by atoms with van der Waals surface area (Å²) in [5.41, 5.74) is 3.15. The van der Waals surface area contributed by atoms with Crippen LogP contribution in [-0.2, 0) is 0 Å². The first-order chi connectivity index (χ1) is 10.1. The van der Waals surface area contributed by atoms with E-state index in [0.29, 0.717) is 5.88 Å². The molecule has 0 spiro atoms. The van der Waals surface area contributed by atoms with Gasteiger partial charge in [0.2, 0.25) is 5.88 Å². The van der Waals surface area contributed by atoms with Crippen molar-refractivity contribution in [2.75, 3.05) is 7.11 Å². The number of hydrogen-bond acceptors (Lipinski definition) is 3. The van der Waals surface area contributed by atoms with Gasteiger partial charge < -0.3 is 14.4 Å². The summed E-state index contributed by atoms with van der Waals surface area (Å²) in [6, 6.07) is 8.83. The SMILES string of the molecule is COc1ccc(-n2cc(C)c3cc(C(=O)O)ccc32)cn1. The quantitative estimate of drug-likeness (QED) is 0.802. The highest BCUT2D eigenvalue weighted by Crippen LogP contribution is 2.25. The molecule has 3 rings (SSSR count). The number of carboxylic acid groups (broad SMARTS) is 1. The summed E-state index contributed by atoms with van der Waals surface area (Å²) in [5, 5.41) is 10.0. The van der Waals surface area contributed by atoms with Crippen LogP contribution in [0.15, 0.2) is 42.7 Å². The molecule has 2 heterocycles. The van der Waals surface area contributed by atoms with Gasteiger partial charge in [-0.25, -0.2) is 9.78 Å². The molecular weight excluding hydrogens is 268 g/mol. The van der Waals surface area contributed by atoms with Crippen molar-refractivity contribution in [1.82, 2.24) is 9.55 Å². The van der Waals surface area contributed by atoms with Crippen LogP contribution in [-0.4, -0.2) is 27.7 Å². The molecule has 0 saturated carbocycles. The number of aromatic nitrogens is 2. The first kappa shape index (κ1) is 13.2. The maximum absolute atomic E-state index is 11.1. The largest absolute Gasteiger partial charge is 0.481 e. The number of aryl methyl sites for hydroxylation is 1. The third-order valence-corrected chi connectivity index (χ3v) is 3.46. The van der Waals surface area contributed by atoms with Gasteiger partial charge in [-0.15, -0.1) is 0 Å².